The van der Waals surface area contributed by atoms with Crippen LogP contribution in [0.1, 0.15) is 24.3 Å². The van der Waals surface area contributed by atoms with Crippen LogP contribution in [-0.2, 0) is 0 Å². The highest BCUT2D eigenvalue weighted by atomic mass is 79.9. The van der Waals surface area contributed by atoms with Gasteiger partial charge >= 0.3 is 0 Å². The summed E-state index contributed by atoms with van der Waals surface area (Å²) in [6, 6.07) is 0. The van der Waals surface area contributed by atoms with Gasteiger partial charge in [-0.05, 0) is 34.7 Å². The molecule has 0 spiro atoms. The van der Waals surface area contributed by atoms with Gasteiger partial charge in [-0.1, -0.05) is 0 Å². The molecule has 0 N–H and O–H groups in total. The SMILES string of the molecule is Fc1cncc(Br)c1C1CC1. The van der Waals surface area contributed by atoms with E-state index in [1.165, 1.54) is 6.20 Å². The molecule has 0 unspecified atom stereocenters. The van der Waals surface area contributed by atoms with Gasteiger partial charge in [0.05, 0.1) is 6.20 Å². The first kappa shape index (κ1) is 7.22. The topological polar surface area (TPSA) is 12.9 Å². The number of hydrogen-bond acceptors (Lipinski definition) is 1. The molecule has 58 valence electrons. The molecule has 0 saturated heterocycles. The second-order valence-corrected chi connectivity index (χ2v) is 3.65. The van der Waals surface area contributed by atoms with Crippen LogP contribution >= 0.6 is 15.9 Å². The Morgan fingerprint density at radius 1 is 1.45 bits per heavy atom. The monoisotopic (exact) mass is 215 g/mol. The van der Waals surface area contributed by atoms with E-state index in [9.17, 15) is 4.39 Å². The molecule has 1 aliphatic carbocycles. The zero-order chi connectivity index (χ0) is 7.84. The maximum Gasteiger partial charge on any atom is 0.146 e. The van der Waals surface area contributed by atoms with Gasteiger partial charge in [0.25, 0.3) is 0 Å². The highest BCUT2D eigenvalue weighted by Gasteiger charge is 2.28. The van der Waals surface area contributed by atoms with Gasteiger partial charge in [0.2, 0.25) is 0 Å². The second kappa shape index (κ2) is 2.55. The fourth-order valence-corrected chi connectivity index (χ4v) is 1.81. The molecule has 1 nitrogen and oxygen atoms in total. The highest BCUT2D eigenvalue weighted by molar-refractivity contribution is 9.10. The molecule has 0 aromatic carbocycles. The van der Waals surface area contributed by atoms with Crippen molar-refractivity contribution in [3.05, 3.63) is 28.2 Å². The van der Waals surface area contributed by atoms with E-state index in [0.29, 0.717) is 5.92 Å². The lowest BCUT2D eigenvalue weighted by atomic mass is 10.2. The Bertz CT molecular complexity index is 263. The molecule has 0 atom stereocenters. The Labute approximate surface area is 72.8 Å². The lowest BCUT2D eigenvalue weighted by molar-refractivity contribution is 0.602. The Balaban J connectivity index is 2.48. The van der Waals surface area contributed by atoms with Gasteiger partial charge in [0.1, 0.15) is 5.82 Å². The molecule has 2 rings (SSSR count). The molecule has 3 heteroatoms. The fourth-order valence-electron chi connectivity index (χ4n) is 1.18. The summed E-state index contributed by atoms with van der Waals surface area (Å²) in [5.74, 6) is 0.259. The lowest BCUT2D eigenvalue weighted by Gasteiger charge is -2.01. The largest absolute Gasteiger partial charge is 0.260 e. The molecule has 0 bridgehead atoms. The standard InChI is InChI=1S/C8H7BrFN/c9-6-3-11-4-7(10)8(6)5-1-2-5/h3-5H,1-2H2. The third-order valence-corrected chi connectivity index (χ3v) is 2.51. The van der Waals surface area contributed by atoms with Crippen LogP contribution in [0.3, 0.4) is 0 Å². The molecule has 1 fully saturated rings. The first-order chi connectivity index (χ1) is 5.29. The van der Waals surface area contributed by atoms with Crippen LogP contribution < -0.4 is 0 Å². The molecule has 1 saturated carbocycles. The molecule has 0 radical (unpaired) electrons. The number of nitrogens with zero attached hydrogens (tertiary/aromatic N) is 1. The highest BCUT2D eigenvalue weighted by Crippen LogP contribution is 2.43. The van der Waals surface area contributed by atoms with Gasteiger partial charge in [-0.2, -0.15) is 0 Å². The van der Waals surface area contributed by atoms with E-state index in [4.69, 9.17) is 0 Å². The van der Waals surface area contributed by atoms with Gasteiger partial charge in [-0.15, -0.1) is 0 Å². The van der Waals surface area contributed by atoms with Gasteiger partial charge < -0.3 is 0 Å². The lowest BCUT2D eigenvalue weighted by Crippen LogP contribution is -1.89. The smallest absolute Gasteiger partial charge is 0.146 e. The molecule has 1 aromatic rings. The third kappa shape index (κ3) is 1.29. The van der Waals surface area contributed by atoms with Crippen molar-refractivity contribution in [1.29, 1.82) is 0 Å². The average molecular weight is 216 g/mol. The van der Waals surface area contributed by atoms with Crippen LogP contribution in [0.25, 0.3) is 0 Å². The van der Waals surface area contributed by atoms with E-state index in [0.717, 1.165) is 22.9 Å². The van der Waals surface area contributed by atoms with Crippen molar-refractivity contribution in [3.8, 4) is 0 Å². The van der Waals surface area contributed by atoms with E-state index in [2.05, 4.69) is 20.9 Å². The number of pyridine rings is 1. The van der Waals surface area contributed by atoms with Crippen molar-refractivity contribution < 1.29 is 4.39 Å². The van der Waals surface area contributed by atoms with Crippen LogP contribution in [0.4, 0.5) is 4.39 Å². The van der Waals surface area contributed by atoms with Crippen molar-refractivity contribution in [2.75, 3.05) is 0 Å². The van der Waals surface area contributed by atoms with Crippen molar-refractivity contribution in [2.24, 2.45) is 0 Å². The molecule has 1 aliphatic rings. The van der Waals surface area contributed by atoms with Gasteiger partial charge in [0.15, 0.2) is 0 Å². The summed E-state index contributed by atoms with van der Waals surface area (Å²) in [7, 11) is 0. The summed E-state index contributed by atoms with van der Waals surface area (Å²) in [6.07, 6.45) is 5.15. The molecule has 0 amide bonds. The first-order valence-electron chi connectivity index (χ1n) is 3.58. The zero-order valence-electron chi connectivity index (χ0n) is 5.85. The number of aromatic nitrogens is 1. The maximum atomic E-state index is 13.0. The van der Waals surface area contributed by atoms with Gasteiger partial charge in [-0.3, -0.25) is 4.98 Å². The Hall–Kier alpha value is -0.440. The van der Waals surface area contributed by atoms with Crippen molar-refractivity contribution >= 4 is 15.9 Å². The minimum Gasteiger partial charge on any atom is -0.260 e. The average Bonchev–Trinajstić information content (AvgIpc) is 2.70. The zero-order valence-corrected chi connectivity index (χ0v) is 7.44. The summed E-state index contributed by atoms with van der Waals surface area (Å²) < 4.78 is 13.9. The van der Waals surface area contributed by atoms with Crippen LogP contribution in [0, 0.1) is 5.82 Å². The Morgan fingerprint density at radius 3 is 2.73 bits per heavy atom. The van der Waals surface area contributed by atoms with Crippen LogP contribution in [0.2, 0.25) is 0 Å². The van der Waals surface area contributed by atoms with Crippen molar-refractivity contribution in [1.82, 2.24) is 4.98 Å². The predicted molar refractivity (Wildman–Crippen MR) is 43.9 cm³/mol. The summed E-state index contributed by atoms with van der Waals surface area (Å²) in [6.45, 7) is 0. The maximum absolute atomic E-state index is 13.0. The van der Waals surface area contributed by atoms with Crippen molar-refractivity contribution in [3.63, 3.8) is 0 Å². The molecule has 0 aliphatic heterocycles. The van der Waals surface area contributed by atoms with Crippen LogP contribution in [0.15, 0.2) is 16.9 Å². The summed E-state index contributed by atoms with van der Waals surface area (Å²) in [5, 5.41) is 0. The quantitative estimate of drug-likeness (QED) is 0.703. The number of hydrogen-bond donors (Lipinski definition) is 0. The normalized spacial score (nSPS) is 16.9. The predicted octanol–water partition coefficient (Wildman–Crippen LogP) is 2.86. The fraction of sp³-hybridized carbons (Fsp3) is 0.375. The van der Waals surface area contributed by atoms with E-state index in [-0.39, 0.29) is 5.82 Å². The molecule has 1 aromatic heterocycles. The molecular formula is C8H7BrFN. The van der Waals surface area contributed by atoms with Crippen LogP contribution in [-0.4, -0.2) is 4.98 Å². The minimum atomic E-state index is -0.179. The summed E-state index contributed by atoms with van der Waals surface area (Å²) in [4.78, 5) is 3.73. The number of rotatable bonds is 1. The van der Waals surface area contributed by atoms with E-state index < -0.39 is 0 Å². The summed E-state index contributed by atoms with van der Waals surface area (Å²) >= 11 is 3.29. The number of halogens is 2. The van der Waals surface area contributed by atoms with Crippen molar-refractivity contribution in [2.45, 2.75) is 18.8 Å². The Kier molecular flexibility index (Phi) is 1.68. The Morgan fingerprint density at radius 2 is 2.18 bits per heavy atom. The van der Waals surface area contributed by atoms with Gasteiger partial charge in [0, 0.05) is 16.2 Å². The summed E-state index contributed by atoms with van der Waals surface area (Å²) in [5.41, 5.74) is 0.806. The molecule has 1 heterocycles. The van der Waals surface area contributed by atoms with Gasteiger partial charge in [-0.25, -0.2) is 4.39 Å². The molecular weight excluding hydrogens is 209 g/mol. The van der Waals surface area contributed by atoms with E-state index in [1.807, 2.05) is 0 Å². The first-order valence-corrected chi connectivity index (χ1v) is 4.37. The minimum absolute atomic E-state index is 0.179. The van der Waals surface area contributed by atoms with E-state index >= 15 is 0 Å². The van der Waals surface area contributed by atoms with Crippen LogP contribution in [0.5, 0.6) is 0 Å². The second-order valence-electron chi connectivity index (χ2n) is 2.79. The molecule has 11 heavy (non-hydrogen) atoms. The van der Waals surface area contributed by atoms with E-state index in [1.54, 1.807) is 6.20 Å². The third-order valence-electron chi connectivity index (χ3n) is 1.88.